The molecule has 23 heavy (non-hydrogen) atoms. The maximum absolute atomic E-state index is 12.2. The smallest absolute Gasteiger partial charge is 0.238 e. The van der Waals surface area contributed by atoms with Crippen molar-refractivity contribution in [2.24, 2.45) is 17.8 Å². The van der Waals surface area contributed by atoms with Crippen molar-refractivity contribution in [1.29, 1.82) is 0 Å². The van der Waals surface area contributed by atoms with Gasteiger partial charge in [-0.05, 0) is 54.8 Å². The molecular weight excluding hydrogens is 306 g/mol. The van der Waals surface area contributed by atoms with Crippen LogP contribution in [0, 0.1) is 17.8 Å². The molecule has 0 unspecified atom stereocenters. The summed E-state index contributed by atoms with van der Waals surface area (Å²) in [6.45, 7) is 0.659. The van der Waals surface area contributed by atoms with Crippen LogP contribution in [0.4, 0.5) is 0 Å². The van der Waals surface area contributed by atoms with Crippen LogP contribution in [0.1, 0.15) is 37.7 Å². The summed E-state index contributed by atoms with van der Waals surface area (Å²) in [6, 6.07) is 10.1. The van der Waals surface area contributed by atoms with Gasteiger partial charge in [0.25, 0.3) is 0 Å². The average Bonchev–Trinajstić information content (AvgIpc) is 3.16. The molecule has 1 aromatic rings. The van der Waals surface area contributed by atoms with E-state index in [1.54, 1.807) is 12.1 Å². The quantitative estimate of drug-likeness (QED) is 0.658. The maximum atomic E-state index is 12.2. The Balaban J connectivity index is 1.40. The van der Waals surface area contributed by atoms with Gasteiger partial charge in [0.15, 0.2) is 5.11 Å². The molecule has 0 spiro atoms. The van der Waals surface area contributed by atoms with Crippen LogP contribution in [0.15, 0.2) is 30.3 Å². The summed E-state index contributed by atoms with van der Waals surface area (Å²) in [5, 5.41) is 5.32. The number of hydrogen-bond acceptors (Lipinski definition) is 2. The van der Waals surface area contributed by atoms with E-state index in [2.05, 4.69) is 10.7 Å². The highest BCUT2D eigenvalue weighted by Crippen LogP contribution is 2.49. The summed E-state index contributed by atoms with van der Waals surface area (Å²) in [6.07, 6.45) is 5.89. The van der Waals surface area contributed by atoms with Gasteiger partial charge in [-0.25, -0.2) is 0 Å². The fourth-order valence-corrected chi connectivity index (χ4v) is 4.16. The van der Waals surface area contributed by atoms with Crippen LogP contribution < -0.4 is 10.7 Å². The van der Waals surface area contributed by atoms with Gasteiger partial charge in [-0.3, -0.25) is 15.2 Å². The summed E-state index contributed by atoms with van der Waals surface area (Å²) in [5.74, 6) is 2.31. The zero-order chi connectivity index (χ0) is 16.2. The molecule has 1 amide bonds. The maximum Gasteiger partial charge on any atom is 0.238 e. The lowest BCUT2D eigenvalue weighted by atomic mass is 9.86. The van der Waals surface area contributed by atoms with E-state index >= 15 is 0 Å². The zero-order valence-corrected chi connectivity index (χ0v) is 14.4. The Labute approximate surface area is 143 Å². The minimum absolute atomic E-state index is 0.0777. The molecule has 2 saturated carbocycles. The van der Waals surface area contributed by atoms with E-state index in [0.717, 1.165) is 17.4 Å². The number of hydrogen-bond donors (Lipinski definition) is 2. The van der Waals surface area contributed by atoms with Crippen molar-refractivity contribution in [3.63, 3.8) is 0 Å². The number of fused-ring (bicyclic) bond motifs is 2. The van der Waals surface area contributed by atoms with Crippen LogP contribution in [0.5, 0.6) is 0 Å². The second kappa shape index (κ2) is 7.30. The van der Waals surface area contributed by atoms with E-state index in [1.165, 1.54) is 25.7 Å². The standard InChI is InChI=1S/C18H25N3OS/c1-21(18(23)19-12-13-5-3-2-4-6-13)20-17(22)11-16-10-14-7-8-15(16)9-14/h2-6,14-16H,7-12H2,1H3,(H,19,23)(H,20,22)/t14-,15-,16+/m1/s1. The molecule has 0 aromatic heterocycles. The Bertz CT molecular complexity index is 563. The Hall–Kier alpha value is -1.62. The lowest BCUT2D eigenvalue weighted by Gasteiger charge is -2.25. The van der Waals surface area contributed by atoms with Gasteiger partial charge >= 0.3 is 0 Å². The van der Waals surface area contributed by atoms with E-state index < -0.39 is 0 Å². The molecule has 124 valence electrons. The Morgan fingerprint density at radius 3 is 2.70 bits per heavy atom. The van der Waals surface area contributed by atoms with E-state index in [4.69, 9.17) is 12.2 Å². The highest BCUT2D eigenvalue weighted by Gasteiger charge is 2.40. The van der Waals surface area contributed by atoms with Gasteiger partial charge in [0.2, 0.25) is 5.91 Å². The molecule has 0 radical (unpaired) electrons. The lowest BCUT2D eigenvalue weighted by molar-refractivity contribution is -0.125. The molecular formula is C18H25N3OS. The molecule has 0 aliphatic heterocycles. The normalized spacial score (nSPS) is 25.2. The number of carbonyl (C=O) groups is 1. The fourth-order valence-electron chi connectivity index (χ4n) is 4.04. The molecule has 2 fully saturated rings. The predicted molar refractivity (Wildman–Crippen MR) is 95.3 cm³/mol. The molecule has 1 aromatic carbocycles. The minimum Gasteiger partial charge on any atom is -0.357 e. The van der Waals surface area contributed by atoms with Crippen molar-refractivity contribution in [3.8, 4) is 0 Å². The van der Waals surface area contributed by atoms with E-state index in [1.807, 2.05) is 30.3 Å². The Kier molecular flexibility index (Phi) is 5.16. The largest absolute Gasteiger partial charge is 0.357 e. The van der Waals surface area contributed by atoms with Crippen LogP contribution in [0.25, 0.3) is 0 Å². The lowest BCUT2D eigenvalue weighted by Crippen LogP contribution is -2.48. The summed E-state index contributed by atoms with van der Waals surface area (Å²) >= 11 is 5.33. The number of rotatable bonds is 4. The van der Waals surface area contributed by atoms with Gasteiger partial charge in [0.05, 0.1) is 0 Å². The van der Waals surface area contributed by atoms with E-state index in [9.17, 15) is 4.79 Å². The third-order valence-corrected chi connectivity index (χ3v) is 5.63. The van der Waals surface area contributed by atoms with Crippen molar-refractivity contribution in [1.82, 2.24) is 15.8 Å². The monoisotopic (exact) mass is 331 g/mol. The van der Waals surface area contributed by atoms with Crippen LogP contribution in [0.3, 0.4) is 0 Å². The number of nitrogens with zero attached hydrogens (tertiary/aromatic N) is 1. The average molecular weight is 331 g/mol. The number of amides is 1. The van der Waals surface area contributed by atoms with Gasteiger partial charge in [-0.1, -0.05) is 36.8 Å². The highest BCUT2D eigenvalue weighted by molar-refractivity contribution is 7.80. The van der Waals surface area contributed by atoms with Crippen LogP contribution in [-0.2, 0) is 11.3 Å². The second-order valence-electron chi connectivity index (χ2n) is 6.88. The van der Waals surface area contributed by atoms with Crippen molar-refractivity contribution < 1.29 is 4.79 Å². The van der Waals surface area contributed by atoms with Crippen molar-refractivity contribution in [2.45, 2.75) is 38.6 Å². The first-order valence-electron chi connectivity index (χ1n) is 8.47. The number of benzene rings is 1. The van der Waals surface area contributed by atoms with Gasteiger partial charge in [-0.15, -0.1) is 0 Å². The van der Waals surface area contributed by atoms with E-state index in [0.29, 0.717) is 24.0 Å². The SMILES string of the molecule is CN(NC(=O)C[C@@H]1C[C@@H]2CC[C@@H]1C2)C(=S)NCc1ccccc1. The molecule has 0 heterocycles. The molecule has 4 nitrogen and oxygen atoms in total. The molecule has 2 bridgehead atoms. The molecule has 5 heteroatoms. The molecule has 3 rings (SSSR count). The topological polar surface area (TPSA) is 44.4 Å². The molecule has 3 atom stereocenters. The molecule has 2 aliphatic rings. The Morgan fingerprint density at radius 2 is 2.04 bits per heavy atom. The number of thiocarbonyl (C=S) groups is 1. The highest BCUT2D eigenvalue weighted by atomic mass is 32.1. The number of hydrazine groups is 1. The summed E-state index contributed by atoms with van der Waals surface area (Å²) in [4.78, 5) is 12.2. The predicted octanol–water partition coefficient (Wildman–Crippen LogP) is 2.85. The fraction of sp³-hybridized carbons (Fsp3) is 0.556. The number of carbonyl (C=O) groups excluding carboxylic acids is 1. The van der Waals surface area contributed by atoms with Gasteiger partial charge in [0, 0.05) is 20.0 Å². The molecule has 2 aliphatic carbocycles. The minimum atomic E-state index is 0.0777. The summed E-state index contributed by atoms with van der Waals surface area (Å²) in [5.41, 5.74) is 4.06. The molecule has 2 N–H and O–H groups in total. The third kappa shape index (κ3) is 4.22. The first-order chi connectivity index (χ1) is 11.1. The Morgan fingerprint density at radius 1 is 1.26 bits per heavy atom. The van der Waals surface area contributed by atoms with Crippen LogP contribution in [-0.4, -0.2) is 23.1 Å². The molecule has 0 saturated heterocycles. The van der Waals surface area contributed by atoms with Crippen molar-refractivity contribution in [3.05, 3.63) is 35.9 Å². The summed E-state index contributed by atoms with van der Waals surface area (Å²) < 4.78 is 0. The van der Waals surface area contributed by atoms with E-state index in [-0.39, 0.29) is 5.91 Å². The van der Waals surface area contributed by atoms with Gasteiger partial charge < -0.3 is 5.32 Å². The van der Waals surface area contributed by atoms with Crippen molar-refractivity contribution in [2.75, 3.05) is 7.05 Å². The van der Waals surface area contributed by atoms with Crippen molar-refractivity contribution >= 4 is 23.2 Å². The van der Waals surface area contributed by atoms with Gasteiger partial charge in [-0.2, -0.15) is 0 Å². The summed E-state index contributed by atoms with van der Waals surface area (Å²) in [7, 11) is 1.79. The number of nitrogens with one attached hydrogen (secondary N) is 2. The van der Waals surface area contributed by atoms with Crippen LogP contribution in [0.2, 0.25) is 0 Å². The first kappa shape index (κ1) is 16.2. The zero-order valence-electron chi connectivity index (χ0n) is 13.6. The van der Waals surface area contributed by atoms with Gasteiger partial charge in [0.1, 0.15) is 0 Å². The second-order valence-corrected chi connectivity index (χ2v) is 7.26. The first-order valence-corrected chi connectivity index (χ1v) is 8.87. The van der Waals surface area contributed by atoms with Crippen LogP contribution >= 0.6 is 12.2 Å². The third-order valence-electron chi connectivity index (χ3n) is 5.22.